The van der Waals surface area contributed by atoms with Crippen molar-refractivity contribution >= 4 is 58.6 Å². The number of nitrogens with one attached hydrogen (secondary N) is 1. The van der Waals surface area contributed by atoms with Crippen molar-refractivity contribution < 1.29 is 37.1 Å². The van der Waals surface area contributed by atoms with Gasteiger partial charge in [-0.15, -0.1) is 11.3 Å². The summed E-state index contributed by atoms with van der Waals surface area (Å²) in [5.74, 6) is -3.82. The van der Waals surface area contributed by atoms with Gasteiger partial charge in [-0.2, -0.15) is 0 Å². The first kappa shape index (κ1) is 28.0. The topological polar surface area (TPSA) is 102 Å². The summed E-state index contributed by atoms with van der Waals surface area (Å²) < 4.78 is 51.3. The molecule has 1 aromatic heterocycles. The van der Waals surface area contributed by atoms with Crippen LogP contribution in [0.2, 0.25) is 5.02 Å². The lowest BCUT2D eigenvalue weighted by Crippen LogP contribution is -2.27. The number of halogens is 3. The molecule has 0 bridgehead atoms. The van der Waals surface area contributed by atoms with Gasteiger partial charge >= 0.3 is 13.6 Å². The van der Waals surface area contributed by atoms with Gasteiger partial charge in [-0.25, -0.2) is 8.78 Å². The molecular weight excluding hydrogens is 535 g/mol. The first-order valence-electron chi connectivity index (χ1n) is 10.5. The number of ether oxygens (including phenoxy) is 1. The lowest BCUT2D eigenvalue weighted by Gasteiger charge is -2.22. The number of amides is 1. The quantitative estimate of drug-likeness (QED) is 0.188. The molecule has 2 N–H and O–H groups in total. The van der Waals surface area contributed by atoms with Crippen molar-refractivity contribution in [3.63, 3.8) is 0 Å². The molecule has 0 aliphatic heterocycles. The Bertz CT molecular complexity index is 1370. The Labute approximate surface area is 215 Å². The van der Waals surface area contributed by atoms with Crippen molar-refractivity contribution in [3.05, 3.63) is 75.8 Å². The Kier molecular flexibility index (Phi) is 8.69. The van der Waals surface area contributed by atoms with E-state index in [0.717, 1.165) is 18.3 Å². The molecule has 1 amide bonds. The maximum absolute atomic E-state index is 13.9. The van der Waals surface area contributed by atoms with E-state index in [1.54, 1.807) is 39.0 Å². The predicted octanol–water partition coefficient (Wildman–Crippen LogP) is 6.41. The van der Waals surface area contributed by atoms with Crippen molar-refractivity contribution in [1.29, 1.82) is 0 Å². The lowest BCUT2D eigenvalue weighted by molar-refractivity contribution is -0.159. The van der Waals surface area contributed by atoms with Gasteiger partial charge < -0.3 is 14.9 Å². The minimum absolute atomic E-state index is 0.142. The molecule has 0 aliphatic rings. The van der Waals surface area contributed by atoms with Crippen LogP contribution in [0.15, 0.2) is 48.0 Å². The van der Waals surface area contributed by atoms with Crippen molar-refractivity contribution in [2.45, 2.75) is 26.4 Å². The molecule has 3 rings (SSSR count). The zero-order valence-electron chi connectivity index (χ0n) is 19.5. The van der Waals surface area contributed by atoms with Crippen LogP contribution in [-0.2, 0) is 23.4 Å². The number of thiophene rings is 1. The first-order chi connectivity index (χ1) is 16.8. The standard InChI is InChI=1S/C24H23ClF2NO6PS/c1-24(2,3)23(30)33-13-34-35(31,32)21(17-12-36-19-8-7-15(25)11-16(17)19)22(29)28-10-9-14-5-4-6-18(26)20(14)27/h4-12,21H,13H2,1-3H3,(H,28,29)(H,31,32)/b10-9+. The molecule has 2 unspecified atom stereocenters. The van der Waals surface area contributed by atoms with Gasteiger partial charge in [0.05, 0.1) is 5.41 Å². The summed E-state index contributed by atoms with van der Waals surface area (Å²) in [6, 6.07) is 8.40. The summed E-state index contributed by atoms with van der Waals surface area (Å²) in [6.45, 7) is 3.93. The van der Waals surface area contributed by atoms with Crippen LogP contribution in [0.4, 0.5) is 8.78 Å². The predicted molar refractivity (Wildman–Crippen MR) is 134 cm³/mol. The van der Waals surface area contributed by atoms with Crippen LogP contribution in [0, 0.1) is 17.0 Å². The molecule has 2 aromatic carbocycles. The molecule has 12 heteroatoms. The van der Waals surface area contributed by atoms with E-state index in [4.69, 9.17) is 20.9 Å². The second-order valence-electron chi connectivity index (χ2n) is 8.71. The van der Waals surface area contributed by atoms with E-state index in [2.05, 4.69) is 5.32 Å². The SMILES string of the molecule is CC(C)(C)C(=O)OCOP(=O)(O)C(C(=O)N/C=C/c1cccc(F)c1F)c1csc2ccc(Cl)cc12. The number of carbonyl (C=O) groups is 2. The van der Waals surface area contributed by atoms with Gasteiger partial charge in [0.2, 0.25) is 12.7 Å². The molecule has 2 atom stereocenters. The van der Waals surface area contributed by atoms with Gasteiger partial charge in [0, 0.05) is 21.5 Å². The molecule has 0 spiro atoms. The van der Waals surface area contributed by atoms with Gasteiger partial charge in [0.1, 0.15) is 0 Å². The van der Waals surface area contributed by atoms with Gasteiger partial charge in [0.25, 0.3) is 0 Å². The highest BCUT2D eigenvalue weighted by atomic mass is 35.5. The van der Waals surface area contributed by atoms with Crippen molar-refractivity contribution in [2.75, 3.05) is 6.79 Å². The third kappa shape index (κ3) is 6.57. The van der Waals surface area contributed by atoms with E-state index in [0.29, 0.717) is 15.1 Å². The molecule has 0 aliphatic carbocycles. The smallest absolute Gasteiger partial charge is 0.347 e. The number of fused-ring (bicyclic) bond motifs is 1. The van der Waals surface area contributed by atoms with Crippen LogP contribution in [0.25, 0.3) is 16.2 Å². The highest BCUT2D eigenvalue weighted by Gasteiger charge is 2.42. The number of rotatable bonds is 8. The molecule has 0 saturated carbocycles. The van der Waals surface area contributed by atoms with Gasteiger partial charge in [-0.3, -0.25) is 18.7 Å². The van der Waals surface area contributed by atoms with E-state index in [9.17, 15) is 27.8 Å². The summed E-state index contributed by atoms with van der Waals surface area (Å²) in [5.41, 5.74) is -2.61. The maximum Gasteiger partial charge on any atom is 0.347 e. The second kappa shape index (κ2) is 11.2. The molecule has 7 nitrogen and oxygen atoms in total. The van der Waals surface area contributed by atoms with Crippen molar-refractivity contribution in [2.24, 2.45) is 5.41 Å². The van der Waals surface area contributed by atoms with E-state index in [1.807, 2.05) is 0 Å². The summed E-state index contributed by atoms with van der Waals surface area (Å²) in [7, 11) is -4.80. The normalized spacial score (nSPS) is 14.5. The number of esters is 1. The van der Waals surface area contributed by atoms with Crippen LogP contribution in [0.3, 0.4) is 0 Å². The number of benzene rings is 2. The Morgan fingerprint density at radius 2 is 1.97 bits per heavy atom. The maximum atomic E-state index is 13.9. The van der Waals surface area contributed by atoms with E-state index in [1.165, 1.54) is 28.8 Å². The first-order valence-corrected chi connectivity index (χ1v) is 13.4. The fourth-order valence-corrected chi connectivity index (χ4v) is 5.62. The monoisotopic (exact) mass is 557 g/mol. The zero-order valence-corrected chi connectivity index (χ0v) is 21.9. The van der Waals surface area contributed by atoms with Gasteiger partial charge in [0.15, 0.2) is 17.3 Å². The highest BCUT2D eigenvalue weighted by Crippen LogP contribution is 2.58. The van der Waals surface area contributed by atoms with Crippen molar-refractivity contribution in [1.82, 2.24) is 5.32 Å². The van der Waals surface area contributed by atoms with Crippen LogP contribution >= 0.6 is 30.5 Å². The van der Waals surface area contributed by atoms with E-state index >= 15 is 0 Å². The third-order valence-electron chi connectivity index (χ3n) is 4.94. The summed E-state index contributed by atoms with van der Waals surface area (Å²) in [5, 5.41) is 4.64. The summed E-state index contributed by atoms with van der Waals surface area (Å²) >= 11 is 7.31. The highest BCUT2D eigenvalue weighted by molar-refractivity contribution is 7.54. The minimum Gasteiger partial charge on any atom is -0.438 e. The third-order valence-corrected chi connectivity index (χ3v) is 7.80. The Morgan fingerprint density at radius 1 is 1.25 bits per heavy atom. The summed E-state index contributed by atoms with van der Waals surface area (Å²) in [6.07, 6.45) is 2.12. The molecule has 3 aromatic rings. The van der Waals surface area contributed by atoms with Crippen LogP contribution in [-0.4, -0.2) is 23.6 Å². The fraction of sp³-hybridized carbons (Fsp3) is 0.250. The largest absolute Gasteiger partial charge is 0.438 e. The Hall–Kier alpha value is -2.62. The van der Waals surface area contributed by atoms with Crippen molar-refractivity contribution in [3.8, 4) is 0 Å². The molecule has 192 valence electrons. The average Bonchev–Trinajstić information content (AvgIpc) is 3.18. The Balaban J connectivity index is 1.90. The zero-order chi connectivity index (χ0) is 26.7. The number of carbonyl (C=O) groups excluding carboxylic acids is 2. The van der Waals surface area contributed by atoms with Crippen LogP contribution < -0.4 is 5.32 Å². The number of hydrogen-bond donors (Lipinski definition) is 2. The molecule has 0 saturated heterocycles. The van der Waals surface area contributed by atoms with E-state index < -0.39 is 49.0 Å². The molecule has 36 heavy (non-hydrogen) atoms. The molecule has 0 fully saturated rings. The van der Waals surface area contributed by atoms with E-state index in [-0.39, 0.29) is 11.1 Å². The molecule has 1 heterocycles. The van der Waals surface area contributed by atoms with Crippen LogP contribution in [0.1, 0.15) is 37.6 Å². The lowest BCUT2D eigenvalue weighted by atomic mass is 9.98. The Morgan fingerprint density at radius 3 is 2.67 bits per heavy atom. The summed E-state index contributed by atoms with van der Waals surface area (Å²) in [4.78, 5) is 35.9. The molecular formula is C24H23ClF2NO6PS. The fourth-order valence-electron chi connectivity index (χ4n) is 3.09. The number of hydrogen-bond acceptors (Lipinski definition) is 6. The van der Waals surface area contributed by atoms with Gasteiger partial charge in [-0.1, -0.05) is 23.7 Å². The molecule has 0 radical (unpaired) electrons. The van der Waals surface area contributed by atoms with Crippen LogP contribution in [0.5, 0.6) is 0 Å². The second-order valence-corrected chi connectivity index (χ2v) is 12.0. The minimum atomic E-state index is -4.80. The van der Waals surface area contributed by atoms with Gasteiger partial charge in [-0.05, 0) is 67.4 Å². The average molecular weight is 558 g/mol.